The summed E-state index contributed by atoms with van der Waals surface area (Å²) >= 11 is 1.38. The molecule has 0 bridgehead atoms. The minimum Gasteiger partial charge on any atom is -0.494 e. The van der Waals surface area contributed by atoms with Gasteiger partial charge in [0.05, 0.1) is 29.4 Å². The summed E-state index contributed by atoms with van der Waals surface area (Å²) in [6.07, 6.45) is 0.922. The van der Waals surface area contributed by atoms with E-state index < -0.39 is 0 Å². The van der Waals surface area contributed by atoms with E-state index in [0.29, 0.717) is 46.4 Å². The molecule has 0 aromatic heterocycles. The number of imide groups is 1. The SMILES string of the molecule is CCCOc1ccc(C2=C(SCC)C(=O)N(c3ccccc3OCC)C2=O)cc1. The van der Waals surface area contributed by atoms with Crippen LogP contribution in [0.5, 0.6) is 11.5 Å². The van der Waals surface area contributed by atoms with E-state index in [1.807, 2.05) is 51.1 Å². The van der Waals surface area contributed by atoms with Gasteiger partial charge in [0, 0.05) is 0 Å². The molecule has 0 N–H and O–H groups in total. The lowest BCUT2D eigenvalue weighted by Gasteiger charge is -2.18. The Labute approximate surface area is 175 Å². The highest BCUT2D eigenvalue weighted by molar-refractivity contribution is 8.04. The van der Waals surface area contributed by atoms with Gasteiger partial charge < -0.3 is 9.47 Å². The van der Waals surface area contributed by atoms with Crippen LogP contribution in [-0.2, 0) is 9.59 Å². The molecule has 3 rings (SSSR count). The normalized spacial score (nSPS) is 14.0. The largest absolute Gasteiger partial charge is 0.494 e. The molecule has 1 aliphatic heterocycles. The van der Waals surface area contributed by atoms with Crippen molar-refractivity contribution < 1.29 is 19.1 Å². The molecule has 2 aromatic rings. The number of carbonyl (C=O) groups excluding carboxylic acids is 2. The summed E-state index contributed by atoms with van der Waals surface area (Å²) in [7, 11) is 0. The molecule has 152 valence electrons. The van der Waals surface area contributed by atoms with Gasteiger partial charge >= 0.3 is 0 Å². The highest BCUT2D eigenvalue weighted by Gasteiger charge is 2.41. The van der Waals surface area contributed by atoms with Crippen molar-refractivity contribution in [1.29, 1.82) is 0 Å². The fourth-order valence-corrected chi connectivity index (χ4v) is 3.97. The third-order valence-electron chi connectivity index (χ3n) is 4.35. The number of rotatable bonds is 9. The van der Waals surface area contributed by atoms with E-state index in [-0.39, 0.29) is 11.8 Å². The summed E-state index contributed by atoms with van der Waals surface area (Å²) < 4.78 is 11.3. The Balaban J connectivity index is 2.00. The average Bonchev–Trinajstić information content (AvgIpc) is 2.98. The molecule has 6 heteroatoms. The molecule has 5 nitrogen and oxygen atoms in total. The zero-order valence-corrected chi connectivity index (χ0v) is 17.8. The van der Waals surface area contributed by atoms with Crippen LogP contribution in [0.1, 0.15) is 32.8 Å². The number of para-hydroxylation sites is 2. The van der Waals surface area contributed by atoms with Crippen molar-refractivity contribution in [3.63, 3.8) is 0 Å². The number of nitrogens with zero attached hydrogens (tertiary/aromatic N) is 1. The molecule has 29 heavy (non-hydrogen) atoms. The van der Waals surface area contributed by atoms with Crippen molar-refractivity contribution in [1.82, 2.24) is 0 Å². The first kappa shape index (κ1) is 21.0. The number of thioether (sulfide) groups is 1. The summed E-state index contributed by atoms with van der Waals surface area (Å²) in [6, 6.07) is 14.5. The molecular formula is C23H25NO4S. The number of amides is 2. The Kier molecular flexibility index (Phi) is 6.99. The molecule has 0 unspecified atom stereocenters. The van der Waals surface area contributed by atoms with Gasteiger partial charge in [-0.3, -0.25) is 9.59 Å². The lowest BCUT2D eigenvalue weighted by Crippen LogP contribution is -2.31. The van der Waals surface area contributed by atoms with Crippen molar-refractivity contribution in [2.45, 2.75) is 27.2 Å². The van der Waals surface area contributed by atoms with Gasteiger partial charge in [0.2, 0.25) is 0 Å². The Morgan fingerprint density at radius 1 is 0.897 bits per heavy atom. The van der Waals surface area contributed by atoms with Crippen LogP contribution in [0.4, 0.5) is 5.69 Å². The Morgan fingerprint density at radius 3 is 2.28 bits per heavy atom. The second-order valence-electron chi connectivity index (χ2n) is 6.36. The minimum atomic E-state index is -0.333. The number of carbonyl (C=O) groups is 2. The molecule has 0 saturated carbocycles. The molecule has 1 heterocycles. The second kappa shape index (κ2) is 9.65. The van der Waals surface area contributed by atoms with Crippen molar-refractivity contribution in [3.05, 3.63) is 59.0 Å². The van der Waals surface area contributed by atoms with E-state index in [2.05, 4.69) is 0 Å². The van der Waals surface area contributed by atoms with Crippen LogP contribution < -0.4 is 14.4 Å². The number of anilines is 1. The molecule has 2 amide bonds. The average molecular weight is 412 g/mol. The molecule has 0 aliphatic carbocycles. The zero-order chi connectivity index (χ0) is 20.8. The monoisotopic (exact) mass is 411 g/mol. The van der Waals surface area contributed by atoms with E-state index in [4.69, 9.17) is 9.47 Å². The standard InChI is InChI=1S/C23H25NO4S/c1-4-15-28-17-13-11-16(12-14-17)20-21(29-6-3)23(26)24(22(20)25)18-9-7-8-10-19(18)27-5-2/h7-14H,4-6,15H2,1-3H3. The molecule has 1 aliphatic rings. The molecule has 0 fully saturated rings. The maximum atomic E-state index is 13.4. The molecule has 2 aromatic carbocycles. The van der Waals surface area contributed by atoms with Gasteiger partial charge in [-0.1, -0.05) is 38.1 Å². The zero-order valence-electron chi connectivity index (χ0n) is 16.9. The number of benzene rings is 2. The van der Waals surface area contributed by atoms with Crippen LogP contribution in [0.15, 0.2) is 53.4 Å². The summed E-state index contributed by atoms with van der Waals surface area (Å²) in [6.45, 7) is 6.97. The van der Waals surface area contributed by atoms with Gasteiger partial charge in [-0.2, -0.15) is 0 Å². The number of hydrogen-bond acceptors (Lipinski definition) is 5. The lowest BCUT2D eigenvalue weighted by atomic mass is 10.1. The molecule has 0 radical (unpaired) electrons. The maximum Gasteiger partial charge on any atom is 0.272 e. The predicted octanol–water partition coefficient (Wildman–Crippen LogP) is 4.91. The molecular weight excluding hydrogens is 386 g/mol. The highest BCUT2D eigenvalue weighted by Crippen LogP contribution is 2.41. The van der Waals surface area contributed by atoms with Crippen molar-refractivity contribution in [2.75, 3.05) is 23.9 Å². The summed E-state index contributed by atoms with van der Waals surface area (Å²) in [5.41, 5.74) is 1.60. The van der Waals surface area contributed by atoms with Crippen LogP contribution in [0, 0.1) is 0 Å². The number of hydrogen-bond donors (Lipinski definition) is 0. The maximum absolute atomic E-state index is 13.4. The first-order valence-electron chi connectivity index (χ1n) is 9.83. The third kappa shape index (κ3) is 4.32. The van der Waals surface area contributed by atoms with Gasteiger partial charge in [-0.25, -0.2) is 4.90 Å². The lowest BCUT2D eigenvalue weighted by molar-refractivity contribution is -0.119. The fraction of sp³-hybridized carbons (Fsp3) is 0.304. The fourth-order valence-electron chi connectivity index (χ4n) is 3.12. The van der Waals surface area contributed by atoms with Crippen LogP contribution in [0.25, 0.3) is 5.57 Å². The number of ether oxygens (including phenoxy) is 2. The van der Waals surface area contributed by atoms with E-state index >= 15 is 0 Å². The minimum absolute atomic E-state index is 0.310. The van der Waals surface area contributed by atoms with Crippen LogP contribution >= 0.6 is 11.8 Å². The quantitative estimate of drug-likeness (QED) is 0.549. The summed E-state index contributed by atoms with van der Waals surface area (Å²) in [5.74, 6) is 1.31. The predicted molar refractivity (Wildman–Crippen MR) is 117 cm³/mol. The van der Waals surface area contributed by atoms with Crippen molar-refractivity contribution in [3.8, 4) is 11.5 Å². The topological polar surface area (TPSA) is 55.8 Å². The van der Waals surface area contributed by atoms with E-state index in [9.17, 15) is 9.59 Å². The van der Waals surface area contributed by atoms with Gasteiger partial charge in [-0.15, -0.1) is 11.8 Å². The third-order valence-corrected chi connectivity index (χ3v) is 5.31. The Hall–Kier alpha value is -2.73. The Bertz CT molecular complexity index is 921. The summed E-state index contributed by atoms with van der Waals surface area (Å²) in [5, 5.41) is 0. The van der Waals surface area contributed by atoms with Gasteiger partial charge in [0.15, 0.2) is 0 Å². The van der Waals surface area contributed by atoms with Crippen LogP contribution in [-0.4, -0.2) is 30.8 Å². The molecule has 0 atom stereocenters. The summed E-state index contributed by atoms with van der Waals surface area (Å²) in [4.78, 5) is 28.2. The van der Waals surface area contributed by atoms with Crippen molar-refractivity contribution in [2.24, 2.45) is 0 Å². The first-order chi connectivity index (χ1) is 14.1. The van der Waals surface area contributed by atoms with Gasteiger partial charge in [-0.05, 0) is 48.9 Å². The second-order valence-corrected chi connectivity index (χ2v) is 7.63. The van der Waals surface area contributed by atoms with E-state index in [1.165, 1.54) is 16.7 Å². The van der Waals surface area contributed by atoms with Gasteiger partial charge in [0.1, 0.15) is 11.5 Å². The van der Waals surface area contributed by atoms with E-state index in [0.717, 1.165) is 12.2 Å². The van der Waals surface area contributed by atoms with Crippen LogP contribution in [0.2, 0.25) is 0 Å². The molecule has 0 saturated heterocycles. The highest BCUT2D eigenvalue weighted by atomic mass is 32.2. The Morgan fingerprint density at radius 2 is 1.62 bits per heavy atom. The van der Waals surface area contributed by atoms with Crippen molar-refractivity contribution >= 4 is 34.8 Å². The first-order valence-corrected chi connectivity index (χ1v) is 10.8. The van der Waals surface area contributed by atoms with Gasteiger partial charge in [0.25, 0.3) is 11.8 Å². The molecule has 0 spiro atoms. The van der Waals surface area contributed by atoms with E-state index in [1.54, 1.807) is 18.2 Å². The van der Waals surface area contributed by atoms with Crippen LogP contribution in [0.3, 0.4) is 0 Å². The smallest absolute Gasteiger partial charge is 0.272 e.